The quantitative estimate of drug-likeness (QED) is 0.505. The number of likely N-dealkylation sites (N-methyl/N-ethyl adjacent to an activating group) is 1. The van der Waals surface area contributed by atoms with Gasteiger partial charge in [-0.2, -0.15) is 4.31 Å². The molecule has 36 heavy (non-hydrogen) atoms. The van der Waals surface area contributed by atoms with Gasteiger partial charge in [-0.15, -0.1) is 0 Å². The molecule has 1 atom stereocenters. The number of carbonyl (C=O) groups is 1. The molecule has 2 aliphatic heterocycles. The van der Waals surface area contributed by atoms with E-state index in [1.807, 2.05) is 49.5 Å². The number of unbranched alkanes of at least 4 members (excludes halogenated alkanes) is 1. The molecule has 0 bridgehead atoms. The number of hydrogen-bond donors (Lipinski definition) is 1. The highest BCUT2D eigenvalue weighted by molar-refractivity contribution is 7.89. The molecule has 0 radical (unpaired) electrons. The number of hydrogen-bond acceptors (Lipinski definition) is 5. The van der Waals surface area contributed by atoms with Crippen LogP contribution in [0.3, 0.4) is 0 Å². The first-order valence-corrected chi connectivity index (χ1v) is 13.7. The maximum absolute atomic E-state index is 14.0. The fourth-order valence-electron chi connectivity index (χ4n) is 5.29. The average Bonchev–Trinajstić information content (AvgIpc) is 2.95. The van der Waals surface area contributed by atoms with Crippen LogP contribution in [-0.2, 0) is 16.6 Å². The van der Waals surface area contributed by atoms with Crippen molar-refractivity contribution in [3.8, 4) is 11.1 Å². The van der Waals surface area contributed by atoms with Crippen molar-refractivity contribution in [1.29, 1.82) is 0 Å². The maximum Gasteiger partial charge on any atom is 0.335 e. The van der Waals surface area contributed by atoms with Gasteiger partial charge in [0.1, 0.15) is 4.90 Å². The van der Waals surface area contributed by atoms with E-state index in [2.05, 4.69) is 16.7 Å². The van der Waals surface area contributed by atoms with Crippen molar-refractivity contribution in [3.63, 3.8) is 0 Å². The van der Waals surface area contributed by atoms with Gasteiger partial charge in [0.2, 0.25) is 10.0 Å². The Morgan fingerprint density at radius 3 is 2.44 bits per heavy atom. The van der Waals surface area contributed by atoms with Crippen molar-refractivity contribution >= 4 is 33.1 Å². The summed E-state index contributed by atoms with van der Waals surface area (Å²) in [5, 5.41) is 9.57. The van der Waals surface area contributed by atoms with Crippen LogP contribution in [-0.4, -0.2) is 50.5 Å². The number of fused-ring (bicyclic) bond motifs is 4. The van der Waals surface area contributed by atoms with E-state index in [0.717, 1.165) is 47.3 Å². The first-order valence-electron chi connectivity index (χ1n) is 12.3. The van der Waals surface area contributed by atoms with Gasteiger partial charge in [-0.05, 0) is 53.9 Å². The van der Waals surface area contributed by atoms with E-state index in [1.165, 1.54) is 4.31 Å². The minimum atomic E-state index is -3.80. The smallest absolute Gasteiger partial charge is 0.335 e. The van der Waals surface area contributed by atoms with Gasteiger partial charge in [-0.1, -0.05) is 44.0 Å². The summed E-state index contributed by atoms with van der Waals surface area (Å²) in [5.41, 5.74) is 5.13. The number of para-hydroxylation sites is 1. The summed E-state index contributed by atoms with van der Waals surface area (Å²) in [6.45, 7) is 3.27. The number of anilines is 3. The van der Waals surface area contributed by atoms with E-state index >= 15 is 0 Å². The third-order valence-electron chi connectivity index (χ3n) is 7.36. The van der Waals surface area contributed by atoms with E-state index in [1.54, 1.807) is 25.2 Å². The number of nitrogens with zero attached hydrogens (tertiary/aromatic N) is 3. The number of carboxylic acid groups (broad SMARTS) is 1. The molecule has 0 fully saturated rings. The fourth-order valence-corrected chi connectivity index (χ4v) is 6.86. The minimum Gasteiger partial charge on any atom is -0.478 e. The molecule has 0 saturated heterocycles. The summed E-state index contributed by atoms with van der Waals surface area (Å²) in [6.07, 6.45) is 2.70. The van der Waals surface area contributed by atoms with E-state index in [-0.39, 0.29) is 16.5 Å². The van der Waals surface area contributed by atoms with Gasteiger partial charge in [0, 0.05) is 50.2 Å². The fraction of sp³-hybridized carbons (Fsp3) is 0.321. The Labute approximate surface area is 212 Å². The molecular formula is C28H31N3O4S. The summed E-state index contributed by atoms with van der Waals surface area (Å²) >= 11 is 0. The second-order valence-electron chi connectivity index (χ2n) is 9.63. The molecule has 0 amide bonds. The van der Waals surface area contributed by atoms with E-state index in [0.29, 0.717) is 18.8 Å². The molecule has 0 saturated carbocycles. The molecule has 0 spiro atoms. The summed E-state index contributed by atoms with van der Waals surface area (Å²) in [6, 6.07) is 18.5. The molecule has 0 aromatic heterocycles. The lowest BCUT2D eigenvalue weighted by molar-refractivity contribution is 0.0697. The van der Waals surface area contributed by atoms with Crippen molar-refractivity contribution in [2.24, 2.45) is 0 Å². The normalized spacial score (nSPS) is 18.7. The van der Waals surface area contributed by atoms with Crippen molar-refractivity contribution < 1.29 is 18.3 Å². The number of rotatable bonds is 5. The van der Waals surface area contributed by atoms with Crippen LogP contribution in [0, 0.1) is 0 Å². The van der Waals surface area contributed by atoms with Gasteiger partial charge in [-0.3, -0.25) is 0 Å². The highest BCUT2D eigenvalue weighted by Gasteiger charge is 2.38. The van der Waals surface area contributed by atoms with Gasteiger partial charge >= 0.3 is 5.97 Å². The lowest BCUT2D eigenvalue weighted by Crippen LogP contribution is -2.40. The Kier molecular flexibility index (Phi) is 6.26. The molecule has 3 aromatic rings. The monoisotopic (exact) mass is 505 g/mol. The topological polar surface area (TPSA) is 81.2 Å². The first-order chi connectivity index (χ1) is 17.2. The van der Waals surface area contributed by atoms with Crippen LogP contribution >= 0.6 is 0 Å². The second-order valence-corrected chi connectivity index (χ2v) is 11.6. The SMILES string of the molecule is CCCC[C@@H]1CN(c2ccccc2)c2cc3c(cc2S(=O)(=O)N1C)-c1cc(C(=O)O)ccc1CN3C. The van der Waals surface area contributed by atoms with Crippen molar-refractivity contribution in [2.75, 3.05) is 30.4 Å². The third-order valence-corrected chi connectivity index (χ3v) is 9.30. The molecule has 2 aliphatic rings. The second kappa shape index (κ2) is 9.26. The standard InChI is InChI=1S/C28H31N3O4S/c1-4-5-9-22-18-31(21-10-7-6-8-11-21)26-16-25-24(15-27(26)36(34,35)30(22)3)23-14-19(28(32)33)12-13-20(23)17-29(25)2/h6-8,10-16,22H,4-5,9,17-18H2,1-3H3,(H,32,33)/t22-/m1/s1. The van der Waals surface area contributed by atoms with Crippen LogP contribution in [0.4, 0.5) is 17.1 Å². The first kappa shape index (κ1) is 24.3. The van der Waals surface area contributed by atoms with Gasteiger partial charge in [0.05, 0.1) is 11.3 Å². The van der Waals surface area contributed by atoms with Crippen LogP contribution < -0.4 is 9.80 Å². The summed E-state index contributed by atoms with van der Waals surface area (Å²) in [4.78, 5) is 16.1. The zero-order valence-electron chi connectivity index (χ0n) is 20.8. The molecular weight excluding hydrogens is 474 g/mol. The predicted octanol–water partition coefficient (Wildman–Crippen LogP) is 5.33. The Morgan fingerprint density at radius 2 is 1.75 bits per heavy atom. The van der Waals surface area contributed by atoms with E-state index < -0.39 is 16.0 Å². The van der Waals surface area contributed by atoms with E-state index in [4.69, 9.17) is 0 Å². The zero-order chi connectivity index (χ0) is 25.6. The Balaban J connectivity index is 1.77. The van der Waals surface area contributed by atoms with Crippen LogP contribution in [0.2, 0.25) is 0 Å². The molecule has 7 nitrogen and oxygen atoms in total. The zero-order valence-corrected chi connectivity index (χ0v) is 21.6. The lowest BCUT2D eigenvalue weighted by Gasteiger charge is -2.33. The summed E-state index contributed by atoms with van der Waals surface area (Å²) in [7, 11) is -0.145. The molecule has 0 aliphatic carbocycles. The molecule has 0 unspecified atom stereocenters. The molecule has 5 rings (SSSR count). The third kappa shape index (κ3) is 4.04. The van der Waals surface area contributed by atoms with Crippen LogP contribution in [0.25, 0.3) is 11.1 Å². The number of carboxylic acids is 1. The van der Waals surface area contributed by atoms with E-state index in [9.17, 15) is 18.3 Å². The molecule has 2 heterocycles. The highest BCUT2D eigenvalue weighted by Crippen LogP contribution is 2.47. The van der Waals surface area contributed by atoms with Crippen molar-refractivity contribution in [1.82, 2.24) is 4.31 Å². The predicted molar refractivity (Wildman–Crippen MR) is 143 cm³/mol. The Bertz CT molecular complexity index is 1420. The maximum atomic E-state index is 14.0. The largest absolute Gasteiger partial charge is 0.478 e. The highest BCUT2D eigenvalue weighted by atomic mass is 32.2. The molecule has 1 N–H and O–H groups in total. The number of sulfonamides is 1. The van der Waals surface area contributed by atoms with Crippen LogP contribution in [0.15, 0.2) is 65.6 Å². The van der Waals surface area contributed by atoms with Gasteiger partial charge in [-0.25, -0.2) is 13.2 Å². The van der Waals surface area contributed by atoms with Gasteiger partial charge in [0.15, 0.2) is 0 Å². The number of aromatic carboxylic acids is 1. The average molecular weight is 506 g/mol. The Hall–Kier alpha value is -3.36. The van der Waals surface area contributed by atoms with Gasteiger partial charge < -0.3 is 14.9 Å². The minimum absolute atomic E-state index is 0.178. The van der Waals surface area contributed by atoms with Crippen LogP contribution in [0.1, 0.15) is 42.1 Å². The summed E-state index contributed by atoms with van der Waals surface area (Å²) < 4.78 is 29.6. The molecule has 3 aromatic carbocycles. The number of benzene rings is 3. The van der Waals surface area contributed by atoms with Crippen molar-refractivity contribution in [2.45, 2.75) is 43.7 Å². The lowest BCUT2D eigenvalue weighted by atomic mass is 9.91. The molecule has 188 valence electrons. The molecule has 8 heteroatoms. The van der Waals surface area contributed by atoms with Gasteiger partial charge in [0.25, 0.3) is 0 Å². The van der Waals surface area contributed by atoms with Crippen molar-refractivity contribution in [3.05, 3.63) is 71.8 Å². The summed E-state index contributed by atoms with van der Waals surface area (Å²) in [5.74, 6) is -1.01. The van der Waals surface area contributed by atoms with Crippen LogP contribution in [0.5, 0.6) is 0 Å². The Morgan fingerprint density at radius 1 is 1.00 bits per heavy atom.